The largest absolute Gasteiger partial charge is 0.290 e. The first-order valence-corrected chi connectivity index (χ1v) is 6.69. The van der Waals surface area contributed by atoms with E-state index >= 15 is 0 Å². The molecule has 2 saturated heterocycles. The van der Waals surface area contributed by atoms with Gasteiger partial charge >= 0.3 is 0 Å². The SMILES string of the molecule is CC1CCN(CN2CCC(C)CC2)CC1. The first kappa shape index (κ1) is 11.4. The Morgan fingerprint density at radius 3 is 1.40 bits per heavy atom. The van der Waals surface area contributed by atoms with Gasteiger partial charge in [-0.05, 0) is 63.7 Å². The van der Waals surface area contributed by atoms with Gasteiger partial charge in [-0.2, -0.15) is 0 Å². The zero-order valence-corrected chi connectivity index (χ0v) is 10.4. The predicted octanol–water partition coefficient (Wildman–Crippen LogP) is 2.41. The van der Waals surface area contributed by atoms with E-state index in [-0.39, 0.29) is 0 Å². The van der Waals surface area contributed by atoms with Gasteiger partial charge in [0.05, 0.1) is 6.67 Å². The summed E-state index contributed by atoms with van der Waals surface area (Å²) in [6, 6.07) is 0. The van der Waals surface area contributed by atoms with Crippen LogP contribution in [0.25, 0.3) is 0 Å². The van der Waals surface area contributed by atoms with Crippen molar-refractivity contribution < 1.29 is 0 Å². The maximum atomic E-state index is 2.65. The fourth-order valence-corrected chi connectivity index (χ4v) is 2.69. The molecule has 0 aromatic heterocycles. The van der Waals surface area contributed by atoms with Gasteiger partial charge < -0.3 is 0 Å². The summed E-state index contributed by atoms with van der Waals surface area (Å²) < 4.78 is 0. The highest BCUT2D eigenvalue weighted by Gasteiger charge is 2.20. The lowest BCUT2D eigenvalue weighted by atomic mass is 9.98. The smallest absolute Gasteiger partial charge is 0.0506 e. The Kier molecular flexibility index (Phi) is 4.04. The molecule has 0 saturated carbocycles. The third-order valence-corrected chi connectivity index (χ3v) is 4.15. The Morgan fingerprint density at radius 2 is 1.07 bits per heavy atom. The van der Waals surface area contributed by atoms with Crippen LogP contribution in [0.4, 0.5) is 0 Å². The van der Waals surface area contributed by atoms with Crippen LogP contribution in [-0.4, -0.2) is 42.6 Å². The highest BCUT2D eigenvalue weighted by atomic mass is 15.3. The maximum Gasteiger partial charge on any atom is 0.0506 e. The summed E-state index contributed by atoms with van der Waals surface area (Å²) in [7, 11) is 0. The topological polar surface area (TPSA) is 6.48 Å². The molecule has 0 bridgehead atoms. The van der Waals surface area contributed by atoms with Crippen molar-refractivity contribution in [1.82, 2.24) is 9.80 Å². The third kappa shape index (κ3) is 3.46. The van der Waals surface area contributed by atoms with E-state index in [1.807, 2.05) is 0 Å². The Labute approximate surface area is 94.6 Å². The lowest BCUT2D eigenvalue weighted by Crippen LogP contribution is -2.44. The molecule has 2 fully saturated rings. The van der Waals surface area contributed by atoms with Crippen LogP contribution >= 0.6 is 0 Å². The second kappa shape index (κ2) is 5.31. The van der Waals surface area contributed by atoms with Crippen molar-refractivity contribution in [2.45, 2.75) is 39.5 Å². The van der Waals surface area contributed by atoms with Gasteiger partial charge in [0.2, 0.25) is 0 Å². The summed E-state index contributed by atoms with van der Waals surface area (Å²) in [5, 5.41) is 0. The van der Waals surface area contributed by atoms with Crippen LogP contribution in [0.1, 0.15) is 39.5 Å². The quantitative estimate of drug-likeness (QED) is 0.690. The summed E-state index contributed by atoms with van der Waals surface area (Å²) in [5.74, 6) is 1.92. The summed E-state index contributed by atoms with van der Waals surface area (Å²) >= 11 is 0. The van der Waals surface area contributed by atoms with E-state index in [4.69, 9.17) is 0 Å². The molecular weight excluding hydrogens is 184 g/mol. The number of rotatable bonds is 2. The van der Waals surface area contributed by atoms with Crippen LogP contribution in [0.3, 0.4) is 0 Å². The molecule has 88 valence electrons. The lowest BCUT2D eigenvalue weighted by Gasteiger charge is -2.37. The lowest BCUT2D eigenvalue weighted by molar-refractivity contribution is 0.0757. The summed E-state index contributed by atoms with van der Waals surface area (Å²) in [6.07, 6.45) is 5.63. The van der Waals surface area contributed by atoms with Crippen LogP contribution in [0, 0.1) is 11.8 Å². The Morgan fingerprint density at radius 1 is 0.733 bits per heavy atom. The highest BCUT2D eigenvalue weighted by Crippen LogP contribution is 2.19. The molecule has 2 heterocycles. The highest BCUT2D eigenvalue weighted by molar-refractivity contribution is 4.73. The Balaban J connectivity index is 1.68. The van der Waals surface area contributed by atoms with Gasteiger partial charge in [0.15, 0.2) is 0 Å². The van der Waals surface area contributed by atoms with Crippen molar-refractivity contribution in [2.24, 2.45) is 11.8 Å². The van der Waals surface area contributed by atoms with Crippen LogP contribution in [-0.2, 0) is 0 Å². The minimum atomic E-state index is 0.961. The van der Waals surface area contributed by atoms with Gasteiger partial charge in [-0.25, -0.2) is 0 Å². The average molecular weight is 210 g/mol. The van der Waals surface area contributed by atoms with Crippen molar-refractivity contribution in [3.63, 3.8) is 0 Å². The first-order chi connectivity index (χ1) is 7.24. The molecule has 0 aliphatic carbocycles. The van der Waals surface area contributed by atoms with Gasteiger partial charge in [0, 0.05) is 0 Å². The number of hydrogen-bond acceptors (Lipinski definition) is 2. The van der Waals surface area contributed by atoms with Crippen LogP contribution in [0.15, 0.2) is 0 Å². The van der Waals surface area contributed by atoms with E-state index in [1.54, 1.807) is 0 Å². The normalized spacial score (nSPS) is 28.4. The van der Waals surface area contributed by atoms with Crippen molar-refractivity contribution in [3.05, 3.63) is 0 Å². The van der Waals surface area contributed by atoms with Crippen molar-refractivity contribution in [2.75, 3.05) is 32.8 Å². The second-order valence-electron chi connectivity index (χ2n) is 5.74. The monoisotopic (exact) mass is 210 g/mol. The molecule has 0 N–H and O–H groups in total. The number of likely N-dealkylation sites (tertiary alicyclic amines) is 2. The first-order valence-electron chi connectivity index (χ1n) is 6.69. The predicted molar refractivity (Wildman–Crippen MR) is 64.8 cm³/mol. The number of piperidine rings is 2. The second-order valence-corrected chi connectivity index (χ2v) is 5.74. The van der Waals surface area contributed by atoms with Gasteiger partial charge in [-0.1, -0.05) is 13.8 Å². The van der Waals surface area contributed by atoms with E-state index < -0.39 is 0 Å². The molecule has 0 atom stereocenters. The van der Waals surface area contributed by atoms with E-state index in [9.17, 15) is 0 Å². The van der Waals surface area contributed by atoms with E-state index in [2.05, 4.69) is 23.6 Å². The molecule has 0 aromatic rings. The number of nitrogens with zero attached hydrogens (tertiary/aromatic N) is 2. The molecule has 2 heteroatoms. The zero-order chi connectivity index (χ0) is 10.7. The fraction of sp³-hybridized carbons (Fsp3) is 1.00. The van der Waals surface area contributed by atoms with Crippen LogP contribution in [0.2, 0.25) is 0 Å². The van der Waals surface area contributed by atoms with Gasteiger partial charge in [0.1, 0.15) is 0 Å². The van der Waals surface area contributed by atoms with E-state index in [1.165, 1.54) is 58.5 Å². The van der Waals surface area contributed by atoms with Crippen molar-refractivity contribution >= 4 is 0 Å². The molecule has 2 aliphatic heterocycles. The van der Waals surface area contributed by atoms with E-state index in [0.29, 0.717) is 0 Å². The standard InChI is InChI=1S/C13H26N2/c1-12-3-7-14(8-4-12)11-15-9-5-13(2)6-10-15/h12-13H,3-11H2,1-2H3. The van der Waals surface area contributed by atoms with E-state index in [0.717, 1.165) is 11.8 Å². The third-order valence-electron chi connectivity index (χ3n) is 4.15. The summed E-state index contributed by atoms with van der Waals surface area (Å²) in [6.45, 7) is 11.3. The molecule has 0 unspecified atom stereocenters. The maximum absolute atomic E-state index is 2.65. The summed E-state index contributed by atoms with van der Waals surface area (Å²) in [5.41, 5.74) is 0. The molecule has 0 spiro atoms. The fourth-order valence-electron chi connectivity index (χ4n) is 2.69. The van der Waals surface area contributed by atoms with Gasteiger partial charge in [-0.3, -0.25) is 9.80 Å². The molecular formula is C13H26N2. The van der Waals surface area contributed by atoms with Crippen LogP contribution in [0.5, 0.6) is 0 Å². The molecule has 0 aromatic carbocycles. The Bertz CT molecular complexity index is 157. The molecule has 15 heavy (non-hydrogen) atoms. The molecule has 0 amide bonds. The van der Waals surface area contributed by atoms with Gasteiger partial charge in [-0.15, -0.1) is 0 Å². The molecule has 0 radical (unpaired) electrons. The molecule has 2 nitrogen and oxygen atoms in total. The minimum absolute atomic E-state index is 0.961. The molecule has 2 aliphatic rings. The Hall–Kier alpha value is -0.0800. The van der Waals surface area contributed by atoms with Crippen molar-refractivity contribution in [3.8, 4) is 0 Å². The zero-order valence-electron chi connectivity index (χ0n) is 10.4. The van der Waals surface area contributed by atoms with Gasteiger partial charge in [0.25, 0.3) is 0 Å². The minimum Gasteiger partial charge on any atom is -0.290 e. The van der Waals surface area contributed by atoms with Crippen LogP contribution < -0.4 is 0 Å². The van der Waals surface area contributed by atoms with Crippen molar-refractivity contribution in [1.29, 1.82) is 0 Å². The molecule has 2 rings (SSSR count). The summed E-state index contributed by atoms with van der Waals surface area (Å²) in [4.78, 5) is 5.30. The number of hydrogen-bond donors (Lipinski definition) is 0. The average Bonchev–Trinajstić information content (AvgIpc) is 2.25.